The minimum Gasteiger partial charge on any atom is -0.388 e. The molecule has 0 spiro atoms. The third-order valence-corrected chi connectivity index (χ3v) is 1.52. The molecule has 0 atom stereocenters. The first-order chi connectivity index (χ1) is 6.35. The molecule has 0 unspecified atom stereocenters. The van der Waals surface area contributed by atoms with E-state index in [2.05, 4.69) is 10.2 Å². The van der Waals surface area contributed by atoms with Gasteiger partial charge in [0.25, 0.3) is 0 Å². The number of nitrogens with one attached hydrogen (secondary N) is 1. The Hall–Kier alpha value is -0.780. The second kappa shape index (κ2) is 9.31. The monoisotopic (exact) mass is 187 g/mol. The van der Waals surface area contributed by atoms with Crippen molar-refractivity contribution in [1.82, 2.24) is 10.2 Å². The van der Waals surface area contributed by atoms with Gasteiger partial charge < -0.3 is 27.4 Å². The zero-order valence-electron chi connectivity index (χ0n) is 8.08. The molecule has 78 valence electrons. The summed E-state index contributed by atoms with van der Waals surface area (Å²) in [4.78, 5) is 2.07. The number of hydrogen-bond donors (Lipinski definition) is 4. The molecule has 13 heavy (non-hydrogen) atoms. The van der Waals surface area contributed by atoms with E-state index in [4.69, 9.17) is 17.2 Å². The van der Waals surface area contributed by atoms with Gasteiger partial charge in [-0.05, 0) is 0 Å². The van der Waals surface area contributed by atoms with E-state index in [1.165, 1.54) is 0 Å². The maximum absolute atomic E-state index is 5.43. The first kappa shape index (κ1) is 12.2. The standard InChI is InChI=1S/C8H21N5/c9-1-4-12-5-8-13(6-2-10)7-3-11/h5,8,12H,1-4,6-7,9-11H2. The number of nitrogens with zero attached hydrogens (tertiary/aromatic N) is 1. The van der Waals surface area contributed by atoms with Crippen LogP contribution in [0.1, 0.15) is 0 Å². The molecule has 0 aromatic rings. The van der Waals surface area contributed by atoms with Gasteiger partial charge in [0, 0.05) is 51.7 Å². The molecule has 0 aliphatic rings. The number of hydrogen-bond acceptors (Lipinski definition) is 5. The fourth-order valence-electron chi connectivity index (χ4n) is 0.917. The summed E-state index contributed by atoms with van der Waals surface area (Å²) in [5, 5.41) is 3.05. The average molecular weight is 187 g/mol. The van der Waals surface area contributed by atoms with E-state index >= 15 is 0 Å². The first-order valence-electron chi connectivity index (χ1n) is 4.59. The van der Waals surface area contributed by atoms with E-state index in [1.807, 2.05) is 12.4 Å². The predicted molar refractivity (Wildman–Crippen MR) is 55.9 cm³/mol. The lowest BCUT2D eigenvalue weighted by Crippen LogP contribution is -2.30. The van der Waals surface area contributed by atoms with E-state index in [1.54, 1.807) is 0 Å². The lowest BCUT2D eigenvalue weighted by atomic mass is 10.5. The zero-order chi connectivity index (χ0) is 9.94. The van der Waals surface area contributed by atoms with Gasteiger partial charge in [-0.15, -0.1) is 0 Å². The van der Waals surface area contributed by atoms with Crippen molar-refractivity contribution in [3.8, 4) is 0 Å². The third-order valence-electron chi connectivity index (χ3n) is 1.52. The van der Waals surface area contributed by atoms with Crippen molar-refractivity contribution in [3.05, 3.63) is 12.4 Å². The van der Waals surface area contributed by atoms with Gasteiger partial charge in [0.1, 0.15) is 0 Å². The predicted octanol–water partition coefficient (Wildman–Crippen LogP) is -1.77. The van der Waals surface area contributed by atoms with Crippen LogP contribution in [-0.2, 0) is 0 Å². The molecular formula is C8H21N5. The van der Waals surface area contributed by atoms with E-state index in [9.17, 15) is 0 Å². The highest BCUT2D eigenvalue weighted by molar-refractivity contribution is 4.81. The number of rotatable bonds is 8. The van der Waals surface area contributed by atoms with Crippen LogP contribution >= 0.6 is 0 Å². The smallest absolute Gasteiger partial charge is 0.0296 e. The minimum atomic E-state index is 0.637. The Kier molecular flexibility index (Phi) is 8.75. The van der Waals surface area contributed by atoms with E-state index in [0.717, 1.165) is 19.6 Å². The lowest BCUT2D eigenvalue weighted by Gasteiger charge is -2.18. The quantitative estimate of drug-likeness (QED) is 0.337. The molecule has 5 nitrogen and oxygen atoms in total. The second-order valence-electron chi connectivity index (χ2n) is 2.67. The number of nitrogens with two attached hydrogens (primary N) is 3. The molecule has 0 fully saturated rings. The summed E-state index contributed by atoms with van der Waals surface area (Å²) in [6.07, 6.45) is 3.83. The molecule has 0 rings (SSSR count). The summed E-state index contributed by atoms with van der Waals surface area (Å²) in [6, 6.07) is 0. The van der Waals surface area contributed by atoms with Crippen molar-refractivity contribution in [2.75, 3.05) is 39.3 Å². The molecule has 0 amide bonds. The Labute approximate surface area is 79.9 Å². The van der Waals surface area contributed by atoms with Crippen LogP contribution < -0.4 is 22.5 Å². The van der Waals surface area contributed by atoms with Gasteiger partial charge >= 0.3 is 0 Å². The Bertz CT molecular complexity index is 120. The molecule has 0 bridgehead atoms. The van der Waals surface area contributed by atoms with Crippen molar-refractivity contribution >= 4 is 0 Å². The van der Waals surface area contributed by atoms with Crippen LogP contribution in [0.15, 0.2) is 12.4 Å². The SMILES string of the molecule is NCCNC=CN(CCN)CCN. The van der Waals surface area contributed by atoms with Gasteiger partial charge in [-0.1, -0.05) is 0 Å². The maximum atomic E-state index is 5.43. The van der Waals surface area contributed by atoms with Crippen LogP contribution in [0.4, 0.5) is 0 Å². The van der Waals surface area contributed by atoms with E-state index in [0.29, 0.717) is 19.6 Å². The van der Waals surface area contributed by atoms with Crippen molar-refractivity contribution in [2.45, 2.75) is 0 Å². The molecule has 0 saturated carbocycles. The summed E-state index contributed by atoms with van der Waals surface area (Å²) in [5.41, 5.74) is 16.2. The second-order valence-corrected chi connectivity index (χ2v) is 2.67. The Balaban J connectivity index is 3.58. The topological polar surface area (TPSA) is 93.3 Å². The van der Waals surface area contributed by atoms with Crippen LogP contribution in [0.25, 0.3) is 0 Å². The highest BCUT2D eigenvalue weighted by Crippen LogP contribution is 1.85. The zero-order valence-corrected chi connectivity index (χ0v) is 8.08. The van der Waals surface area contributed by atoms with Crippen molar-refractivity contribution < 1.29 is 0 Å². The van der Waals surface area contributed by atoms with Crippen molar-refractivity contribution in [2.24, 2.45) is 17.2 Å². The molecular weight excluding hydrogens is 166 g/mol. The van der Waals surface area contributed by atoms with E-state index in [-0.39, 0.29) is 0 Å². The van der Waals surface area contributed by atoms with Gasteiger partial charge in [-0.3, -0.25) is 0 Å². The van der Waals surface area contributed by atoms with Crippen LogP contribution in [-0.4, -0.2) is 44.2 Å². The molecule has 0 aliphatic heterocycles. The average Bonchev–Trinajstić information content (AvgIpc) is 2.13. The Morgan fingerprint density at radius 1 is 1.00 bits per heavy atom. The summed E-state index contributed by atoms with van der Waals surface area (Å²) in [5.74, 6) is 0. The summed E-state index contributed by atoms with van der Waals surface area (Å²) >= 11 is 0. The molecule has 0 aliphatic carbocycles. The third kappa shape index (κ3) is 7.58. The molecule has 7 N–H and O–H groups in total. The molecule has 0 radical (unpaired) electrons. The van der Waals surface area contributed by atoms with Crippen LogP contribution in [0.3, 0.4) is 0 Å². The summed E-state index contributed by atoms with van der Waals surface area (Å²) < 4.78 is 0. The Morgan fingerprint density at radius 2 is 1.62 bits per heavy atom. The Morgan fingerprint density at radius 3 is 2.08 bits per heavy atom. The maximum Gasteiger partial charge on any atom is 0.0296 e. The van der Waals surface area contributed by atoms with Crippen LogP contribution in [0, 0.1) is 0 Å². The van der Waals surface area contributed by atoms with Gasteiger partial charge in [0.2, 0.25) is 0 Å². The van der Waals surface area contributed by atoms with Gasteiger partial charge in [-0.25, -0.2) is 0 Å². The fourth-order valence-corrected chi connectivity index (χ4v) is 0.917. The highest BCUT2D eigenvalue weighted by atomic mass is 15.1. The molecule has 0 saturated heterocycles. The lowest BCUT2D eigenvalue weighted by molar-refractivity contribution is 0.393. The fraction of sp³-hybridized carbons (Fsp3) is 0.750. The largest absolute Gasteiger partial charge is 0.388 e. The highest BCUT2D eigenvalue weighted by Gasteiger charge is 1.93. The molecule has 0 aromatic heterocycles. The van der Waals surface area contributed by atoms with Gasteiger partial charge in [0.05, 0.1) is 0 Å². The summed E-state index contributed by atoms with van der Waals surface area (Å²) in [6.45, 7) is 4.37. The van der Waals surface area contributed by atoms with Crippen LogP contribution in [0.2, 0.25) is 0 Å². The van der Waals surface area contributed by atoms with Crippen molar-refractivity contribution in [3.63, 3.8) is 0 Å². The normalized spacial score (nSPS) is 10.7. The van der Waals surface area contributed by atoms with Crippen molar-refractivity contribution in [1.29, 1.82) is 0 Å². The minimum absolute atomic E-state index is 0.637. The molecule has 0 aromatic carbocycles. The van der Waals surface area contributed by atoms with E-state index < -0.39 is 0 Å². The summed E-state index contributed by atoms with van der Waals surface area (Å²) in [7, 11) is 0. The first-order valence-corrected chi connectivity index (χ1v) is 4.59. The molecule has 0 heterocycles. The van der Waals surface area contributed by atoms with Crippen LogP contribution in [0.5, 0.6) is 0 Å². The van der Waals surface area contributed by atoms with Gasteiger partial charge in [-0.2, -0.15) is 0 Å². The molecule has 5 heteroatoms. The van der Waals surface area contributed by atoms with Gasteiger partial charge in [0.15, 0.2) is 0 Å².